The van der Waals surface area contributed by atoms with Gasteiger partial charge in [-0.2, -0.15) is 5.10 Å². The van der Waals surface area contributed by atoms with Crippen molar-refractivity contribution in [3.05, 3.63) is 46.4 Å². The number of aryl methyl sites for hydroxylation is 2. The molecular weight excluding hydrogens is 258 g/mol. The fourth-order valence-corrected chi connectivity index (χ4v) is 2.17. The van der Waals surface area contributed by atoms with Crippen molar-refractivity contribution < 1.29 is 4.92 Å². The van der Waals surface area contributed by atoms with Gasteiger partial charge in [-0.15, -0.1) is 0 Å². The van der Waals surface area contributed by atoms with Crippen LogP contribution in [0.1, 0.15) is 12.7 Å². The van der Waals surface area contributed by atoms with Crippen molar-refractivity contribution in [3.63, 3.8) is 0 Å². The van der Waals surface area contributed by atoms with Gasteiger partial charge in [-0.1, -0.05) is 6.92 Å². The van der Waals surface area contributed by atoms with Gasteiger partial charge in [0, 0.05) is 31.2 Å². The van der Waals surface area contributed by atoms with Crippen LogP contribution in [0.25, 0.3) is 17.0 Å². The van der Waals surface area contributed by atoms with Crippen molar-refractivity contribution in [2.45, 2.75) is 13.3 Å². The summed E-state index contributed by atoms with van der Waals surface area (Å²) in [5.74, 6) is 1.72. The van der Waals surface area contributed by atoms with Crippen molar-refractivity contribution >= 4 is 11.5 Å². The lowest BCUT2D eigenvalue weighted by molar-refractivity contribution is -0.384. The molecule has 0 aliphatic heterocycles. The molecule has 0 saturated heterocycles. The summed E-state index contributed by atoms with van der Waals surface area (Å²) in [6.07, 6.45) is 2.67. The number of fused-ring (bicyclic) bond motifs is 1. The Morgan fingerprint density at radius 2 is 2.00 bits per heavy atom. The zero-order valence-electron chi connectivity index (χ0n) is 11.1. The summed E-state index contributed by atoms with van der Waals surface area (Å²) in [6.45, 7) is 2.04. The van der Waals surface area contributed by atoms with Crippen LogP contribution in [0.4, 0.5) is 5.69 Å². The van der Waals surface area contributed by atoms with Gasteiger partial charge in [0.05, 0.1) is 16.8 Å². The number of hydrogen-bond acceptors (Lipinski definition) is 4. The van der Waals surface area contributed by atoms with Crippen LogP contribution >= 0.6 is 0 Å². The molecule has 2 aromatic heterocycles. The fraction of sp³-hybridized carbons (Fsp3) is 0.231. The molecule has 20 heavy (non-hydrogen) atoms. The number of nitro benzene ring substituents is 1. The summed E-state index contributed by atoms with van der Waals surface area (Å²) in [5, 5.41) is 15.1. The van der Waals surface area contributed by atoms with E-state index in [4.69, 9.17) is 0 Å². The van der Waals surface area contributed by atoms with Crippen LogP contribution < -0.4 is 0 Å². The number of benzene rings is 1. The Morgan fingerprint density at radius 1 is 1.30 bits per heavy atom. The van der Waals surface area contributed by atoms with E-state index in [2.05, 4.69) is 10.1 Å². The highest BCUT2D eigenvalue weighted by molar-refractivity contribution is 5.62. The Kier molecular flexibility index (Phi) is 2.74. The highest BCUT2D eigenvalue weighted by atomic mass is 16.6. The Hall–Kier alpha value is -2.70. The quantitative estimate of drug-likeness (QED) is 0.540. The number of imidazole rings is 1. The van der Waals surface area contributed by atoms with Crippen LogP contribution in [0.5, 0.6) is 0 Å². The molecule has 0 saturated carbocycles. The van der Waals surface area contributed by atoms with Gasteiger partial charge in [-0.3, -0.25) is 10.1 Å². The molecule has 0 unspecified atom stereocenters. The van der Waals surface area contributed by atoms with Gasteiger partial charge in [-0.25, -0.2) is 9.50 Å². The molecule has 0 N–H and O–H groups in total. The molecule has 3 aromatic rings. The summed E-state index contributed by atoms with van der Waals surface area (Å²) in [7, 11) is 1.92. The second-order valence-corrected chi connectivity index (χ2v) is 4.50. The van der Waals surface area contributed by atoms with Crippen LogP contribution in [-0.4, -0.2) is 24.1 Å². The van der Waals surface area contributed by atoms with Crippen LogP contribution in [0.15, 0.2) is 30.5 Å². The van der Waals surface area contributed by atoms with Gasteiger partial charge < -0.3 is 4.57 Å². The van der Waals surface area contributed by atoms with E-state index in [9.17, 15) is 10.1 Å². The number of hydrogen-bond donors (Lipinski definition) is 0. The molecule has 0 aliphatic carbocycles. The maximum atomic E-state index is 10.6. The van der Waals surface area contributed by atoms with Gasteiger partial charge in [-0.05, 0) is 12.1 Å². The smallest absolute Gasteiger partial charge is 0.269 e. The fourth-order valence-electron chi connectivity index (χ4n) is 2.17. The number of nitro groups is 1. The predicted octanol–water partition coefficient (Wildman–Crippen LogP) is 2.21. The van der Waals surface area contributed by atoms with Crippen molar-refractivity contribution in [1.29, 1.82) is 0 Å². The van der Waals surface area contributed by atoms with Crippen LogP contribution in [0.2, 0.25) is 0 Å². The topological polar surface area (TPSA) is 78.3 Å². The van der Waals surface area contributed by atoms with Crippen LogP contribution in [0, 0.1) is 10.1 Å². The molecule has 0 radical (unpaired) electrons. The zero-order chi connectivity index (χ0) is 14.3. The van der Waals surface area contributed by atoms with E-state index in [0.717, 1.165) is 29.3 Å². The molecule has 0 atom stereocenters. The van der Waals surface area contributed by atoms with E-state index < -0.39 is 4.92 Å². The number of nitrogens with zero attached hydrogens (tertiary/aromatic N) is 5. The minimum atomic E-state index is -0.414. The first kappa shape index (κ1) is 12.3. The Labute approximate surface area is 114 Å². The molecule has 1 aromatic carbocycles. The third-order valence-electron chi connectivity index (χ3n) is 3.27. The molecule has 7 heteroatoms. The Balaban J connectivity index is 2.03. The molecule has 3 rings (SSSR count). The maximum absolute atomic E-state index is 10.6. The van der Waals surface area contributed by atoms with Crippen molar-refractivity contribution in [2.75, 3.05) is 0 Å². The highest BCUT2D eigenvalue weighted by Gasteiger charge is 2.12. The van der Waals surface area contributed by atoms with Gasteiger partial charge in [0.1, 0.15) is 5.82 Å². The Bertz CT molecular complexity index is 785. The molecule has 0 fully saturated rings. The summed E-state index contributed by atoms with van der Waals surface area (Å²) >= 11 is 0. The second-order valence-electron chi connectivity index (χ2n) is 4.50. The van der Waals surface area contributed by atoms with E-state index in [0.29, 0.717) is 0 Å². The first-order valence-electron chi connectivity index (χ1n) is 6.26. The van der Waals surface area contributed by atoms with E-state index in [1.807, 2.05) is 24.7 Å². The minimum absolute atomic E-state index is 0.0731. The van der Waals surface area contributed by atoms with Gasteiger partial charge in [0.15, 0.2) is 0 Å². The second kappa shape index (κ2) is 4.44. The molecule has 0 amide bonds. The standard InChI is InChI=1S/C13H13N5O2/c1-3-12-15-17-8-11(14-13(17)16(12)2)9-4-6-10(7-5-9)18(19)20/h4-8H,3H2,1-2H3. The predicted molar refractivity (Wildman–Crippen MR) is 73.4 cm³/mol. The van der Waals surface area contributed by atoms with Crippen molar-refractivity contribution in [2.24, 2.45) is 7.05 Å². The van der Waals surface area contributed by atoms with Crippen molar-refractivity contribution in [1.82, 2.24) is 19.2 Å². The van der Waals surface area contributed by atoms with E-state index in [-0.39, 0.29) is 5.69 Å². The van der Waals surface area contributed by atoms with Gasteiger partial charge >= 0.3 is 0 Å². The monoisotopic (exact) mass is 271 g/mol. The lowest BCUT2D eigenvalue weighted by atomic mass is 10.1. The molecular formula is C13H13N5O2. The summed E-state index contributed by atoms with van der Waals surface area (Å²) < 4.78 is 3.67. The lowest BCUT2D eigenvalue weighted by Gasteiger charge is -1.97. The third kappa shape index (κ3) is 1.83. The SMILES string of the molecule is CCc1nn2cc(-c3ccc([N+](=O)[O-])cc3)nc2n1C. The van der Waals surface area contributed by atoms with Crippen LogP contribution in [-0.2, 0) is 13.5 Å². The van der Waals surface area contributed by atoms with E-state index in [1.54, 1.807) is 16.6 Å². The largest absolute Gasteiger partial charge is 0.300 e. The lowest BCUT2D eigenvalue weighted by Crippen LogP contribution is -1.96. The summed E-state index contributed by atoms with van der Waals surface area (Å²) in [6, 6.07) is 6.34. The number of non-ortho nitro benzene ring substituents is 1. The van der Waals surface area contributed by atoms with Gasteiger partial charge in [0.2, 0.25) is 5.78 Å². The molecule has 0 bridgehead atoms. The molecule has 7 nitrogen and oxygen atoms in total. The number of rotatable bonds is 3. The summed E-state index contributed by atoms with van der Waals surface area (Å²) in [5.41, 5.74) is 1.66. The minimum Gasteiger partial charge on any atom is -0.300 e. The van der Waals surface area contributed by atoms with Crippen molar-refractivity contribution in [3.8, 4) is 11.3 Å². The van der Waals surface area contributed by atoms with E-state index >= 15 is 0 Å². The first-order chi connectivity index (χ1) is 9.60. The van der Waals surface area contributed by atoms with E-state index in [1.165, 1.54) is 12.1 Å². The molecule has 0 aliphatic rings. The zero-order valence-corrected chi connectivity index (χ0v) is 11.1. The summed E-state index contributed by atoms with van der Waals surface area (Å²) in [4.78, 5) is 14.7. The normalized spacial score (nSPS) is 11.1. The highest BCUT2D eigenvalue weighted by Crippen LogP contribution is 2.22. The number of aromatic nitrogens is 4. The molecule has 2 heterocycles. The Morgan fingerprint density at radius 3 is 2.55 bits per heavy atom. The third-order valence-corrected chi connectivity index (χ3v) is 3.27. The average molecular weight is 271 g/mol. The average Bonchev–Trinajstić information content (AvgIpc) is 2.99. The molecule has 0 spiro atoms. The maximum Gasteiger partial charge on any atom is 0.269 e. The first-order valence-corrected chi connectivity index (χ1v) is 6.26. The van der Waals surface area contributed by atoms with Gasteiger partial charge in [0.25, 0.3) is 5.69 Å². The molecule has 102 valence electrons. The van der Waals surface area contributed by atoms with Crippen LogP contribution in [0.3, 0.4) is 0 Å².